The lowest BCUT2D eigenvalue weighted by Crippen LogP contribution is -2.69. The first-order valence-electron chi connectivity index (χ1n) is 31.5. The first-order chi connectivity index (χ1) is 33.8. The Morgan fingerprint density at radius 3 is 1.38 bits per heavy atom. The van der Waals surface area contributed by atoms with E-state index >= 15 is 0 Å². The summed E-state index contributed by atoms with van der Waals surface area (Å²) >= 11 is 0. The van der Waals surface area contributed by atoms with E-state index in [0.29, 0.717) is 27.1 Å². The summed E-state index contributed by atoms with van der Waals surface area (Å²) in [5.74, 6) is 2.02. The minimum absolute atomic E-state index is 0.391. The average Bonchev–Trinajstić information content (AvgIpc) is 3.65. The molecule has 0 N–H and O–H groups in total. The molecular weight excluding hydrogens is 885 g/mol. The maximum atomic E-state index is 8.89. The van der Waals surface area contributed by atoms with Crippen LogP contribution < -0.4 is 10.2 Å². The van der Waals surface area contributed by atoms with Crippen LogP contribution in [0.1, 0.15) is 288 Å². The largest absolute Gasteiger partial charge is 0.550 e. The minimum atomic E-state index is -1.08. The van der Waals surface area contributed by atoms with E-state index in [2.05, 4.69) is 83.6 Å². The first-order valence-corrected chi connectivity index (χ1v) is 31.5. The molecule has 0 aliphatic heterocycles. The Kier molecular flexibility index (Phi) is 27.0. The van der Waals surface area contributed by atoms with Gasteiger partial charge >= 0.3 is 0 Å². The molecule has 6 heteroatoms. The predicted molar refractivity (Wildman–Crippen MR) is 305 cm³/mol. The van der Waals surface area contributed by atoms with Gasteiger partial charge in [0.25, 0.3) is 0 Å². The van der Waals surface area contributed by atoms with Crippen molar-refractivity contribution in [1.29, 1.82) is 0 Å². The quantitative estimate of drug-likeness (QED) is 0.0408. The van der Waals surface area contributed by atoms with Gasteiger partial charge < -0.3 is 28.8 Å². The van der Waals surface area contributed by atoms with Crippen LogP contribution in [0.3, 0.4) is 0 Å². The topological polar surface area (TPSA) is 80.3 Å². The second-order valence-electron chi connectivity index (χ2n) is 28.5. The van der Waals surface area contributed by atoms with Gasteiger partial charge in [-0.2, -0.15) is 0 Å². The van der Waals surface area contributed by atoms with Crippen LogP contribution in [0.4, 0.5) is 0 Å². The molecule has 5 fully saturated rings. The summed E-state index contributed by atoms with van der Waals surface area (Å²) in [6.45, 7) is 32.1. The summed E-state index contributed by atoms with van der Waals surface area (Å²) in [5, 5.41) is 17.8. The van der Waals surface area contributed by atoms with Gasteiger partial charge in [-0.25, -0.2) is 0 Å². The number of aliphatic carboxylic acids is 2. The lowest BCUT2D eigenvalue weighted by molar-refractivity contribution is -0.925. The van der Waals surface area contributed by atoms with E-state index in [1.54, 1.807) is 0 Å². The smallest absolute Gasteiger partial charge is 0.0940 e. The molecule has 0 aromatic rings. The second-order valence-corrected chi connectivity index (χ2v) is 28.5. The number of unbranched alkanes of at least 4 members (excludes halogenated alkanes) is 22. The molecule has 72 heavy (non-hydrogen) atoms. The summed E-state index contributed by atoms with van der Waals surface area (Å²) in [7, 11) is 10.5. The van der Waals surface area contributed by atoms with Crippen molar-refractivity contribution in [2.75, 3.05) is 47.8 Å². The number of carboxylic acid groups (broad SMARTS) is 2. The summed E-state index contributed by atoms with van der Waals surface area (Å²) in [4.78, 5) is 17.8. The SMILES string of the molecule is C=C(C)[C@@H]1CC[C@]2(C[N+](C)(C)CCCCCCCCCCCCCC)CC[C@]3(C)[C@H](CC[C@@H]4[C@@]5(C)CCC([N+](C)(C)CCCCCCCCCCCCCC)C(C)(C)[C@@H]5CC[C@]43C)[C@@H]12.CC(=O)[O-].CC(=O)[O-]. The number of hydrogen-bond donors (Lipinski definition) is 0. The first kappa shape index (κ1) is 64.9. The second kappa shape index (κ2) is 29.9. The van der Waals surface area contributed by atoms with E-state index < -0.39 is 11.9 Å². The van der Waals surface area contributed by atoms with Crippen LogP contribution in [0, 0.1) is 56.7 Å². The molecular formula is C66H124N2O4. The molecule has 0 bridgehead atoms. The third kappa shape index (κ3) is 17.6. The average molecular weight is 1010 g/mol. The van der Waals surface area contributed by atoms with E-state index in [4.69, 9.17) is 26.4 Å². The Labute approximate surface area is 449 Å². The summed E-state index contributed by atoms with van der Waals surface area (Å²) in [5.41, 5.74) is 3.81. The molecule has 5 aliphatic carbocycles. The van der Waals surface area contributed by atoms with Crippen LogP contribution in [0.5, 0.6) is 0 Å². The normalized spacial score (nSPS) is 31.6. The molecule has 0 aromatic heterocycles. The van der Waals surface area contributed by atoms with E-state index in [0.717, 1.165) is 49.5 Å². The number of carbonyl (C=O) groups excluding carboxylic acids is 2. The van der Waals surface area contributed by atoms with Crippen molar-refractivity contribution in [2.45, 2.75) is 294 Å². The zero-order valence-electron chi connectivity index (χ0n) is 50.9. The third-order valence-corrected chi connectivity index (χ3v) is 22.0. The highest BCUT2D eigenvalue weighted by molar-refractivity contribution is 5.60. The van der Waals surface area contributed by atoms with Crippen LogP contribution >= 0.6 is 0 Å². The molecule has 1 unspecified atom stereocenters. The van der Waals surface area contributed by atoms with E-state index in [9.17, 15) is 0 Å². The molecule has 0 aromatic carbocycles. The fraction of sp³-hybridized carbons (Fsp3) is 0.939. The fourth-order valence-electron chi connectivity index (χ4n) is 18.6. The Morgan fingerprint density at radius 1 is 0.500 bits per heavy atom. The van der Waals surface area contributed by atoms with E-state index in [1.165, 1.54) is 252 Å². The molecule has 5 saturated carbocycles. The van der Waals surface area contributed by atoms with Gasteiger partial charge in [0.05, 0.1) is 53.9 Å². The molecule has 0 radical (unpaired) electrons. The zero-order valence-corrected chi connectivity index (χ0v) is 50.9. The third-order valence-electron chi connectivity index (χ3n) is 22.0. The molecule has 0 saturated heterocycles. The summed E-state index contributed by atoms with van der Waals surface area (Å²) in [6.07, 6.45) is 49.4. The number of quaternary nitrogens is 2. The number of carboxylic acids is 2. The summed E-state index contributed by atoms with van der Waals surface area (Å²) < 4.78 is 2.49. The van der Waals surface area contributed by atoms with Gasteiger partial charge in [0.15, 0.2) is 0 Å². The van der Waals surface area contributed by atoms with Crippen LogP contribution in [0.25, 0.3) is 0 Å². The molecule has 6 nitrogen and oxygen atoms in total. The molecule has 0 amide bonds. The van der Waals surface area contributed by atoms with E-state index in [-0.39, 0.29) is 0 Å². The van der Waals surface area contributed by atoms with Gasteiger partial charge in [-0.3, -0.25) is 0 Å². The van der Waals surface area contributed by atoms with Gasteiger partial charge in [-0.15, -0.1) is 0 Å². The highest BCUT2D eigenvalue weighted by Crippen LogP contribution is 2.78. The Morgan fingerprint density at radius 2 is 0.931 bits per heavy atom. The minimum Gasteiger partial charge on any atom is -0.550 e. The monoisotopic (exact) mass is 1010 g/mol. The van der Waals surface area contributed by atoms with Crippen molar-refractivity contribution >= 4 is 11.9 Å². The van der Waals surface area contributed by atoms with Crippen molar-refractivity contribution in [3.05, 3.63) is 12.2 Å². The maximum Gasteiger partial charge on any atom is 0.0940 e. The van der Waals surface area contributed by atoms with Crippen molar-refractivity contribution < 1.29 is 28.8 Å². The van der Waals surface area contributed by atoms with Gasteiger partial charge in [0.2, 0.25) is 0 Å². The number of carbonyl (C=O) groups is 2. The van der Waals surface area contributed by atoms with Crippen LogP contribution in [0.2, 0.25) is 0 Å². The fourth-order valence-corrected chi connectivity index (χ4v) is 18.6. The lowest BCUT2D eigenvalue weighted by atomic mass is 9.32. The zero-order chi connectivity index (χ0) is 53.9. The molecule has 0 heterocycles. The number of rotatable bonds is 30. The number of fused-ring (bicyclic) bond motifs is 7. The molecule has 5 aliphatic rings. The standard InChI is InChI=1S/C62H118N2.2C2H4O2/c1-14-16-18-20-22-24-26-28-30-32-34-36-48-63(10,11)50-62-45-40-52(51(3)4)57(62)53-38-39-55-59(7)43-42-56(58(5,6)54(59)41-44-61(55,9)60(53,8)46-47-62)64(12,13)49-37-35-33-31-29-27-25-23-21-19-17-15-2;2*1-2(3)4/h52-57H,3,14-50H2,1-2,4-13H3;2*1H3,(H,3,4)/q+2;;/p-2/t52-,53+,54-,55+,56?,57+,59-,60+,61+,62+;;/m0../s1. The van der Waals surface area contributed by atoms with Crippen molar-refractivity contribution in [3.63, 3.8) is 0 Å². The Bertz CT molecular complexity index is 1570. The summed E-state index contributed by atoms with van der Waals surface area (Å²) in [6, 6.07) is 0.788. The molecule has 0 spiro atoms. The van der Waals surface area contributed by atoms with Gasteiger partial charge in [0, 0.05) is 29.2 Å². The lowest BCUT2D eigenvalue weighted by Gasteiger charge is -2.73. The Hall–Kier alpha value is -1.40. The van der Waals surface area contributed by atoms with Gasteiger partial charge in [-0.1, -0.05) is 189 Å². The van der Waals surface area contributed by atoms with Crippen LogP contribution in [0.15, 0.2) is 12.2 Å². The van der Waals surface area contributed by atoms with E-state index in [1.807, 2.05) is 0 Å². The van der Waals surface area contributed by atoms with Crippen molar-refractivity contribution in [3.8, 4) is 0 Å². The maximum absolute atomic E-state index is 8.89. The molecule has 10 atom stereocenters. The van der Waals surface area contributed by atoms with Gasteiger partial charge in [0.1, 0.15) is 0 Å². The molecule has 5 rings (SSSR count). The van der Waals surface area contributed by atoms with Crippen LogP contribution in [-0.2, 0) is 9.59 Å². The number of hydrogen-bond acceptors (Lipinski definition) is 4. The number of nitrogens with zero attached hydrogens (tertiary/aromatic N) is 2. The Balaban J connectivity index is 0.00000159. The number of allylic oxidation sites excluding steroid dienone is 1. The predicted octanol–water partition coefficient (Wildman–Crippen LogP) is 16.1. The highest BCUT2D eigenvalue weighted by atomic mass is 16.4. The van der Waals surface area contributed by atoms with Crippen LogP contribution in [-0.4, -0.2) is 74.8 Å². The molecule has 422 valence electrons. The van der Waals surface area contributed by atoms with Crippen molar-refractivity contribution in [1.82, 2.24) is 0 Å². The van der Waals surface area contributed by atoms with Crippen molar-refractivity contribution in [2.24, 2.45) is 56.7 Å². The highest BCUT2D eigenvalue weighted by Gasteiger charge is 2.72. The van der Waals surface area contributed by atoms with Gasteiger partial charge in [-0.05, 0) is 150 Å².